The predicted molar refractivity (Wildman–Crippen MR) is 111 cm³/mol. The number of Topliss-reactive ketones (excluding diaryl/α,β-unsaturated/α-hetero) is 1. The number of esters is 2. The Kier molecular flexibility index (Phi) is 7.32. The van der Waals surface area contributed by atoms with Crippen LogP contribution in [0.2, 0.25) is 0 Å². The highest BCUT2D eigenvalue weighted by molar-refractivity contribution is 5.92. The molecule has 1 saturated carbocycles. The van der Waals surface area contributed by atoms with Crippen LogP contribution in [-0.4, -0.2) is 40.3 Å². The average Bonchev–Trinajstić information content (AvgIpc) is 2.84. The number of nitrogens with zero attached hydrogens (tertiary/aromatic N) is 2. The van der Waals surface area contributed by atoms with E-state index in [0.29, 0.717) is 19.3 Å². The predicted octanol–water partition coefficient (Wildman–Crippen LogP) is 3.77. The molecule has 0 spiro atoms. The quantitative estimate of drug-likeness (QED) is 0.272. The SMILES string of the molecule is CC(C)(C)C(=O)OC[C@]1(C)C(=O)CCCC[C@H]1OC(=O)c1cc([N+](=O)[O-])cc([N+](=O)[O-])c1. The van der Waals surface area contributed by atoms with Crippen molar-refractivity contribution in [2.24, 2.45) is 10.8 Å². The molecule has 2 atom stereocenters. The molecular weight excluding hydrogens is 424 g/mol. The van der Waals surface area contributed by atoms with E-state index < -0.39 is 50.1 Å². The Morgan fingerprint density at radius 1 is 1.09 bits per heavy atom. The molecule has 1 aromatic carbocycles. The second kappa shape index (κ2) is 9.41. The van der Waals surface area contributed by atoms with Crippen LogP contribution in [0.1, 0.15) is 63.7 Å². The molecule has 174 valence electrons. The van der Waals surface area contributed by atoms with Crippen LogP contribution in [0.15, 0.2) is 18.2 Å². The average molecular weight is 450 g/mol. The van der Waals surface area contributed by atoms with E-state index in [2.05, 4.69) is 0 Å². The third kappa shape index (κ3) is 5.65. The summed E-state index contributed by atoms with van der Waals surface area (Å²) in [6, 6.07) is 2.50. The molecule has 0 aromatic heterocycles. The second-order valence-corrected chi connectivity index (χ2v) is 9.06. The Balaban J connectivity index is 2.34. The number of carbonyl (C=O) groups excluding carboxylic acids is 3. The van der Waals surface area contributed by atoms with Gasteiger partial charge in [-0.15, -0.1) is 0 Å². The molecule has 11 heteroatoms. The van der Waals surface area contributed by atoms with E-state index in [4.69, 9.17) is 9.47 Å². The van der Waals surface area contributed by atoms with Crippen LogP contribution in [0.25, 0.3) is 0 Å². The fourth-order valence-electron chi connectivity index (χ4n) is 3.31. The first-order valence-corrected chi connectivity index (χ1v) is 10.1. The number of non-ortho nitro benzene ring substituents is 2. The molecule has 0 aliphatic heterocycles. The van der Waals surface area contributed by atoms with E-state index >= 15 is 0 Å². The highest BCUT2D eigenvalue weighted by Crippen LogP contribution is 2.36. The van der Waals surface area contributed by atoms with Crippen LogP contribution in [0.5, 0.6) is 0 Å². The van der Waals surface area contributed by atoms with Gasteiger partial charge in [0.1, 0.15) is 18.5 Å². The van der Waals surface area contributed by atoms with E-state index in [1.807, 2.05) is 0 Å². The van der Waals surface area contributed by atoms with Crippen molar-refractivity contribution >= 4 is 29.1 Å². The fourth-order valence-corrected chi connectivity index (χ4v) is 3.31. The number of nitro groups is 2. The summed E-state index contributed by atoms with van der Waals surface area (Å²) in [7, 11) is 0. The molecule has 0 saturated heterocycles. The molecule has 32 heavy (non-hydrogen) atoms. The molecule has 0 amide bonds. The summed E-state index contributed by atoms with van der Waals surface area (Å²) in [6.45, 7) is 6.25. The molecule has 1 fully saturated rings. The zero-order valence-corrected chi connectivity index (χ0v) is 18.4. The molecular formula is C21H26N2O9. The number of ether oxygens (including phenoxy) is 2. The summed E-state index contributed by atoms with van der Waals surface area (Å²) in [5, 5.41) is 22.2. The number of rotatable bonds is 6. The largest absolute Gasteiger partial charge is 0.464 e. The van der Waals surface area contributed by atoms with Crippen LogP contribution in [0.4, 0.5) is 11.4 Å². The number of hydrogen-bond acceptors (Lipinski definition) is 9. The van der Waals surface area contributed by atoms with Gasteiger partial charge in [0.2, 0.25) is 0 Å². The molecule has 1 aliphatic rings. The molecule has 0 bridgehead atoms. The second-order valence-electron chi connectivity index (χ2n) is 9.06. The standard InChI is InChI=1S/C21H26N2O9/c1-20(2,3)19(26)31-12-21(4)16(24)7-5-6-8-17(21)32-18(25)13-9-14(22(27)28)11-15(10-13)23(29)30/h9-11,17H,5-8,12H2,1-4H3/t17-,21-/m1/s1. The normalized spacial score (nSPS) is 21.4. The summed E-state index contributed by atoms with van der Waals surface area (Å²) in [5.41, 5.74) is -3.76. The van der Waals surface area contributed by atoms with Gasteiger partial charge in [-0.3, -0.25) is 29.8 Å². The third-order valence-electron chi connectivity index (χ3n) is 5.39. The summed E-state index contributed by atoms with van der Waals surface area (Å²) in [5.74, 6) is -1.79. The van der Waals surface area contributed by atoms with Crippen molar-refractivity contribution in [1.82, 2.24) is 0 Å². The van der Waals surface area contributed by atoms with Crippen LogP contribution in [-0.2, 0) is 19.1 Å². The first kappa shape index (κ1) is 24.9. The molecule has 1 aromatic rings. The summed E-state index contributed by atoms with van der Waals surface area (Å²) in [6.07, 6.45) is 0.688. The Bertz CT molecular complexity index is 919. The molecule has 0 heterocycles. The van der Waals surface area contributed by atoms with E-state index in [1.54, 1.807) is 27.7 Å². The third-order valence-corrected chi connectivity index (χ3v) is 5.39. The molecule has 0 unspecified atom stereocenters. The molecule has 11 nitrogen and oxygen atoms in total. The molecule has 2 rings (SSSR count). The number of ketones is 1. The highest BCUT2D eigenvalue weighted by atomic mass is 16.6. The van der Waals surface area contributed by atoms with E-state index in [0.717, 1.165) is 18.2 Å². The summed E-state index contributed by atoms with van der Waals surface area (Å²) in [4.78, 5) is 58.4. The van der Waals surface area contributed by atoms with Crippen LogP contribution >= 0.6 is 0 Å². The summed E-state index contributed by atoms with van der Waals surface area (Å²) < 4.78 is 10.9. The number of carbonyl (C=O) groups is 3. The Morgan fingerprint density at radius 2 is 1.66 bits per heavy atom. The lowest BCUT2D eigenvalue weighted by molar-refractivity contribution is -0.394. The van der Waals surface area contributed by atoms with Crippen LogP contribution in [0.3, 0.4) is 0 Å². The van der Waals surface area contributed by atoms with E-state index in [9.17, 15) is 34.6 Å². The van der Waals surface area contributed by atoms with Crippen molar-refractivity contribution in [3.8, 4) is 0 Å². The van der Waals surface area contributed by atoms with Gasteiger partial charge in [-0.2, -0.15) is 0 Å². The highest BCUT2D eigenvalue weighted by Gasteiger charge is 2.46. The smallest absolute Gasteiger partial charge is 0.338 e. The number of nitro benzene ring substituents is 2. The maximum Gasteiger partial charge on any atom is 0.338 e. The maximum absolute atomic E-state index is 12.9. The minimum atomic E-state index is -1.32. The van der Waals surface area contributed by atoms with Gasteiger partial charge in [0.05, 0.1) is 32.3 Å². The first-order valence-electron chi connectivity index (χ1n) is 10.1. The van der Waals surface area contributed by atoms with Gasteiger partial charge in [0.15, 0.2) is 0 Å². The van der Waals surface area contributed by atoms with Crippen molar-refractivity contribution in [3.63, 3.8) is 0 Å². The van der Waals surface area contributed by atoms with Gasteiger partial charge in [-0.1, -0.05) is 0 Å². The van der Waals surface area contributed by atoms with Crippen molar-refractivity contribution in [2.45, 2.75) is 59.5 Å². The molecule has 0 radical (unpaired) electrons. The summed E-state index contributed by atoms with van der Waals surface area (Å²) >= 11 is 0. The van der Waals surface area contributed by atoms with Crippen LogP contribution in [0, 0.1) is 31.1 Å². The Hall–Kier alpha value is -3.37. The van der Waals surface area contributed by atoms with Crippen LogP contribution < -0.4 is 0 Å². The van der Waals surface area contributed by atoms with Gasteiger partial charge < -0.3 is 9.47 Å². The lowest BCUT2D eigenvalue weighted by atomic mass is 9.79. The number of hydrogen-bond donors (Lipinski definition) is 0. The first-order chi connectivity index (χ1) is 14.8. The van der Waals surface area contributed by atoms with Crippen molar-refractivity contribution in [2.75, 3.05) is 6.61 Å². The zero-order chi connectivity index (χ0) is 24.3. The minimum absolute atomic E-state index is 0.222. The van der Waals surface area contributed by atoms with Crippen molar-refractivity contribution in [3.05, 3.63) is 44.0 Å². The van der Waals surface area contributed by atoms with Gasteiger partial charge in [-0.25, -0.2) is 4.79 Å². The Morgan fingerprint density at radius 3 is 2.16 bits per heavy atom. The Labute approximate surface area is 184 Å². The topological polar surface area (TPSA) is 156 Å². The fraction of sp³-hybridized carbons (Fsp3) is 0.571. The minimum Gasteiger partial charge on any atom is -0.464 e. The lowest BCUT2D eigenvalue weighted by Crippen LogP contribution is -2.46. The van der Waals surface area contributed by atoms with E-state index in [-0.39, 0.29) is 24.4 Å². The van der Waals surface area contributed by atoms with Gasteiger partial charge in [-0.05, 0) is 47.0 Å². The zero-order valence-electron chi connectivity index (χ0n) is 18.4. The molecule has 1 aliphatic carbocycles. The molecule has 0 N–H and O–H groups in total. The van der Waals surface area contributed by atoms with Gasteiger partial charge in [0.25, 0.3) is 11.4 Å². The van der Waals surface area contributed by atoms with Gasteiger partial charge >= 0.3 is 11.9 Å². The van der Waals surface area contributed by atoms with Gasteiger partial charge in [0, 0.05) is 18.6 Å². The monoisotopic (exact) mass is 450 g/mol. The van der Waals surface area contributed by atoms with Crippen molar-refractivity contribution < 1.29 is 33.7 Å². The van der Waals surface area contributed by atoms with E-state index in [1.165, 1.54) is 0 Å². The lowest BCUT2D eigenvalue weighted by Gasteiger charge is -2.34. The maximum atomic E-state index is 12.9. The number of benzene rings is 1. The van der Waals surface area contributed by atoms with Crippen molar-refractivity contribution in [1.29, 1.82) is 0 Å².